The lowest BCUT2D eigenvalue weighted by atomic mass is 10.1. The smallest absolute Gasteiger partial charge is 0.322 e. The molecule has 286 valence electrons. The molecule has 0 aromatic carbocycles. The molecule has 6 heteroatoms. The summed E-state index contributed by atoms with van der Waals surface area (Å²) in [5.41, 5.74) is 0. The minimum atomic E-state index is -1.03. The minimum absolute atomic E-state index is 0.111. The Labute approximate surface area is 307 Å². The van der Waals surface area contributed by atoms with Gasteiger partial charge < -0.3 is 15.2 Å². The molecule has 1 atom stereocenters. The van der Waals surface area contributed by atoms with Gasteiger partial charge >= 0.3 is 11.9 Å². The number of hydrogen-bond donors (Lipinski definition) is 2. The summed E-state index contributed by atoms with van der Waals surface area (Å²) in [4.78, 5) is 34.8. The van der Waals surface area contributed by atoms with Crippen molar-refractivity contribution in [3.63, 3.8) is 0 Å². The molecule has 1 amide bonds. The zero-order chi connectivity index (χ0) is 36.6. The molecule has 0 bridgehead atoms. The summed E-state index contributed by atoms with van der Waals surface area (Å²) in [5, 5.41) is 11.0. The second-order valence-electron chi connectivity index (χ2n) is 13.5. The highest BCUT2D eigenvalue weighted by Crippen LogP contribution is 2.15. The van der Waals surface area contributed by atoms with E-state index in [1.54, 1.807) is 0 Å². The molecule has 0 aromatic heterocycles. The van der Waals surface area contributed by atoms with Gasteiger partial charge in [-0.15, -0.1) is 0 Å². The molecule has 0 aromatic rings. The molecule has 0 aliphatic carbocycles. The molecule has 50 heavy (non-hydrogen) atoms. The third-order valence-corrected chi connectivity index (χ3v) is 8.63. The first-order valence-electron chi connectivity index (χ1n) is 20.4. The van der Waals surface area contributed by atoms with E-state index in [-0.39, 0.29) is 24.5 Å². The number of carbonyl (C=O) groups excluding carboxylic acids is 2. The number of allylic oxidation sites excluding steroid dienone is 9. The van der Waals surface area contributed by atoms with Gasteiger partial charge in [-0.25, -0.2) is 0 Å². The summed E-state index contributed by atoms with van der Waals surface area (Å²) in [7, 11) is 0. The van der Waals surface area contributed by atoms with Crippen molar-refractivity contribution in [1.82, 2.24) is 5.32 Å². The average Bonchev–Trinajstić information content (AvgIpc) is 3.10. The molecular weight excluding hydrogens is 622 g/mol. The molecule has 2 N–H and O–H groups in total. The maximum absolute atomic E-state index is 12.6. The van der Waals surface area contributed by atoms with Crippen LogP contribution in [0.15, 0.2) is 60.8 Å². The summed E-state index contributed by atoms with van der Waals surface area (Å²) in [6.45, 7) is 4.09. The fourth-order valence-electron chi connectivity index (χ4n) is 5.59. The number of carbonyl (C=O) groups is 3. The number of ether oxygens (including phenoxy) is 1. The van der Waals surface area contributed by atoms with E-state index in [1.165, 1.54) is 83.5 Å². The Morgan fingerprint density at radius 3 is 1.60 bits per heavy atom. The Balaban J connectivity index is 3.96. The molecule has 0 heterocycles. The largest absolute Gasteiger partial charge is 0.480 e. The highest BCUT2D eigenvalue weighted by atomic mass is 16.5. The molecule has 0 aliphatic rings. The number of carboxylic acid groups (broad SMARTS) is 1. The SMILES string of the molecule is CCC/C=C\C/C=C\C(CCCCCCC(=O)NCC(=O)O)OC(=O)CCCCCCCCCC/C=C\C/C=C\C/C=C\CCCCCCC. The molecule has 6 nitrogen and oxygen atoms in total. The number of nitrogens with one attached hydrogen (secondary N) is 1. The van der Waals surface area contributed by atoms with Crippen LogP contribution in [0.25, 0.3) is 0 Å². The minimum Gasteiger partial charge on any atom is -0.480 e. The van der Waals surface area contributed by atoms with Crippen molar-refractivity contribution in [2.24, 2.45) is 0 Å². The second-order valence-corrected chi connectivity index (χ2v) is 13.5. The maximum Gasteiger partial charge on any atom is 0.322 e. The molecule has 0 saturated heterocycles. The summed E-state index contributed by atoms with van der Waals surface area (Å²) < 4.78 is 5.85. The van der Waals surface area contributed by atoms with Gasteiger partial charge in [0.05, 0.1) is 0 Å². The number of amides is 1. The summed E-state index contributed by atoms with van der Waals surface area (Å²) in [5.74, 6) is -1.37. The predicted molar refractivity (Wildman–Crippen MR) is 212 cm³/mol. The molecule has 0 aliphatic heterocycles. The number of hydrogen-bond acceptors (Lipinski definition) is 4. The van der Waals surface area contributed by atoms with Crippen molar-refractivity contribution in [1.29, 1.82) is 0 Å². The van der Waals surface area contributed by atoms with Gasteiger partial charge in [0.2, 0.25) is 5.91 Å². The predicted octanol–water partition coefficient (Wildman–Crippen LogP) is 12.5. The van der Waals surface area contributed by atoms with E-state index in [2.05, 4.69) is 73.8 Å². The zero-order valence-corrected chi connectivity index (χ0v) is 32.2. The zero-order valence-electron chi connectivity index (χ0n) is 32.2. The average molecular weight is 698 g/mol. The number of unbranched alkanes of at least 4 members (excludes halogenated alkanes) is 17. The lowest BCUT2D eigenvalue weighted by Crippen LogP contribution is -2.28. The maximum atomic E-state index is 12.6. The third-order valence-electron chi connectivity index (χ3n) is 8.63. The van der Waals surface area contributed by atoms with Crippen LogP contribution in [0.1, 0.15) is 187 Å². The van der Waals surface area contributed by atoms with E-state index >= 15 is 0 Å². The number of aliphatic carboxylic acids is 1. The van der Waals surface area contributed by atoms with Crippen molar-refractivity contribution in [2.45, 2.75) is 193 Å². The Hall–Kier alpha value is -2.89. The van der Waals surface area contributed by atoms with Gasteiger partial charge in [0.25, 0.3) is 0 Å². The fourth-order valence-corrected chi connectivity index (χ4v) is 5.59. The highest BCUT2D eigenvalue weighted by molar-refractivity contribution is 5.80. The molecular formula is C44H75NO5. The van der Waals surface area contributed by atoms with E-state index in [9.17, 15) is 14.4 Å². The van der Waals surface area contributed by atoms with Crippen molar-refractivity contribution in [3.05, 3.63) is 60.8 Å². The Morgan fingerprint density at radius 2 is 1.02 bits per heavy atom. The number of carboxylic acids is 1. The van der Waals surface area contributed by atoms with Gasteiger partial charge in [-0.2, -0.15) is 0 Å². The van der Waals surface area contributed by atoms with Crippen LogP contribution in [-0.4, -0.2) is 35.6 Å². The van der Waals surface area contributed by atoms with Crippen LogP contribution in [0.3, 0.4) is 0 Å². The lowest BCUT2D eigenvalue weighted by molar-refractivity contribution is -0.147. The topological polar surface area (TPSA) is 92.7 Å². The number of esters is 1. The van der Waals surface area contributed by atoms with Crippen molar-refractivity contribution >= 4 is 17.8 Å². The lowest BCUT2D eigenvalue weighted by Gasteiger charge is -2.14. The molecule has 0 fully saturated rings. The van der Waals surface area contributed by atoms with Crippen LogP contribution in [0.2, 0.25) is 0 Å². The summed E-state index contributed by atoms with van der Waals surface area (Å²) >= 11 is 0. The fraction of sp³-hybridized carbons (Fsp3) is 0.705. The van der Waals surface area contributed by atoms with Gasteiger partial charge in [-0.1, -0.05) is 152 Å². The Bertz CT molecular complexity index is 948. The van der Waals surface area contributed by atoms with Crippen molar-refractivity contribution in [3.8, 4) is 0 Å². The van der Waals surface area contributed by atoms with Crippen molar-refractivity contribution in [2.75, 3.05) is 6.54 Å². The first-order chi connectivity index (χ1) is 24.5. The van der Waals surface area contributed by atoms with E-state index in [0.717, 1.165) is 77.0 Å². The van der Waals surface area contributed by atoms with Crippen LogP contribution in [-0.2, 0) is 19.1 Å². The molecule has 0 radical (unpaired) electrons. The summed E-state index contributed by atoms with van der Waals surface area (Å²) in [6, 6.07) is 0. The third kappa shape index (κ3) is 37.9. The highest BCUT2D eigenvalue weighted by Gasteiger charge is 2.12. The van der Waals surface area contributed by atoms with Crippen molar-refractivity contribution < 1.29 is 24.2 Å². The first kappa shape index (κ1) is 47.1. The monoisotopic (exact) mass is 698 g/mol. The van der Waals surface area contributed by atoms with E-state index < -0.39 is 5.97 Å². The van der Waals surface area contributed by atoms with E-state index in [1.807, 2.05) is 6.08 Å². The molecule has 0 spiro atoms. The Morgan fingerprint density at radius 1 is 0.540 bits per heavy atom. The standard InChI is InChI=1S/C44H75NO5/c1-3-5-7-9-11-12-13-14-15-16-17-18-19-20-21-22-23-24-25-26-27-29-35-39-44(49)50-41(36-32-28-10-8-6-4-2)37-33-30-31-34-38-42(46)45-40-43(47)48/h8,10,13-14,16-17,19-20,32,36,41H,3-7,9,11-12,15,18,21-31,33-35,37-40H2,1-2H3,(H,45,46)(H,47,48)/b10-8-,14-13-,17-16-,20-19-,36-32-. The van der Waals surface area contributed by atoms with E-state index in [4.69, 9.17) is 9.84 Å². The van der Waals surface area contributed by atoms with E-state index in [0.29, 0.717) is 12.8 Å². The van der Waals surface area contributed by atoms with Crippen LogP contribution in [0.4, 0.5) is 0 Å². The van der Waals surface area contributed by atoms with Gasteiger partial charge in [-0.3, -0.25) is 14.4 Å². The van der Waals surface area contributed by atoms with Gasteiger partial charge in [0, 0.05) is 12.8 Å². The van der Waals surface area contributed by atoms with Crippen LogP contribution in [0, 0.1) is 0 Å². The molecule has 0 rings (SSSR count). The molecule has 1 unspecified atom stereocenters. The Kier molecular flexibility index (Phi) is 36.7. The first-order valence-corrected chi connectivity index (χ1v) is 20.4. The summed E-state index contributed by atoms with van der Waals surface area (Å²) in [6.07, 6.45) is 50.9. The van der Waals surface area contributed by atoms with Crippen LogP contribution in [0.5, 0.6) is 0 Å². The molecule has 0 saturated carbocycles. The normalized spacial score (nSPS) is 12.7. The van der Waals surface area contributed by atoms with Crippen LogP contribution >= 0.6 is 0 Å². The number of rotatable bonds is 36. The quantitative estimate of drug-likeness (QED) is 0.0386. The van der Waals surface area contributed by atoms with Crippen LogP contribution < -0.4 is 5.32 Å². The van der Waals surface area contributed by atoms with Gasteiger partial charge in [0.15, 0.2) is 0 Å². The van der Waals surface area contributed by atoms with Gasteiger partial charge in [0.1, 0.15) is 12.6 Å². The second kappa shape index (κ2) is 38.9. The van der Waals surface area contributed by atoms with Gasteiger partial charge in [-0.05, 0) is 83.1 Å².